The van der Waals surface area contributed by atoms with Gasteiger partial charge in [-0.25, -0.2) is 0 Å². The summed E-state index contributed by atoms with van der Waals surface area (Å²) in [6.45, 7) is 7.32. The molecular formula is C16H25NO. The second-order valence-electron chi connectivity index (χ2n) is 5.52. The highest BCUT2D eigenvalue weighted by molar-refractivity contribution is 5.29. The lowest BCUT2D eigenvalue weighted by Crippen LogP contribution is -2.21. The first kappa shape index (κ1) is 13.4. The Morgan fingerprint density at radius 2 is 1.89 bits per heavy atom. The molecule has 1 unspecified atom stereocenters. The minimum Gasteiger partial charge on any atom is -0.491 e. The molecule has 2 nitrogen and oxygen atoms in total. The van der Waals surface area contributed by atoms with Gasteiger partial charge in [0.2, 0.25) is 0 Å². The minimum absolute atomic E-state index is 0.242. The van der Waals surface area contributed by atoms with Crippen molar-refractivity contribution >= 4 is 0 Å². The van der Waals surface area contributed by atoms with Crippen LogP contribution in [0.15, 0.2) is 24.3 Å². The fourth-order valence-corrected chi connectivity index (χ4v) is 2.32. The molecule has 0 aromatic heterocycles. The molecule has 0 aliphatic heterocycles. The topological polar surface area (TPSA) is 21.3 Å². The quantitative estimate of drug-likeness (QED) is 0.788. The summed E-state index contributed by atoms with van der Waals surface area (Å²) in [5, 5.41) is 3.59. The molecule has 2 heteroatoms. The molecule has 0 amide bonds. The van der Waals surface area contributed by atoms with Crippen molar-refractivity contribution in [1.82, 2.24) is 5.32 Å². The Morgan fingerprint density at radius 3 is 2.39 bits per heavy atom. The SMILES string of the molecule is CCNC(CC1CC1)c1ccc(OC(C)C)cc1. The predicted molar refractivity (Wildman–Crippen MR) is 76.0 cm³/mol. The van der Waals surface area contributed by atoms with E-state index in [0.29, 0.717) is 6.04 Å². The highest BCUT2D eigenvalue weighted by Gasteiger charge is 2.25. The zero-order chi connectivity index (χ0) is 13.0. The lowest BCUT2D eigenvalue weighted by molar-refractivity contribution is 0.242. The molecule has 0 saturated heterocycles. The molecule has 2 rings (SSSR count). The van der Waals surface area contributed by atoms with E-state index in [1.165, 1.54) is 24.8 Å². The van der Waals surface area contributed by atoms with E-state index in [1.807, 2.05) is 0 Å². The average Bonchev–Trinajstić information content (AvgIpc) is 3.13. The van der Waals surface area contributed by atoms with Gasteiger partial charge in [0.05, 0.1) is 6.10 Å². The molecule has 0 heterocycles. The number of nitrogens with one attached hydrogen (secondary N) is 1. The summed E-state index contributed by atoms with van der Waals surface area (Å²) < 4.78 is 5.68. The van der Waals surface area contributed by atoms with Gasteiger partial charge < -0.3 is 10.1 Å². The van der Waals surface area contributed by atoms with Crippen molar-refractivity contribution in [2.45, 2.75) is 52.2 Å². The summed E-state index contributed by atoms with van der Waals surface area (Å²) in [5.74, 6) is 1.91. The standard InChI is InChI=1S/C16H25NO/c1-4-17-16(11-13-5-6-13)14-7-9-15(10-8-14)18-12(2)3/h7-10,12-13,16-17H,4-6,11H2,1-3H3. The van der Waals surface area contributed by atoms with Crippen molar-refractivity contribution < 1.29 is 4.74 Å². The minimum atomic E-state index is 0.242. The van der Waals surface area contributed by atoms with Crippen molar-refractivity contribution in [1.29, 1.82) is 0 Å². The summed E-state index contributed by atoms with van der Waals surface area (Å²) in [7, 11) is 0. The van der Waals surface area contributed by atoms with Crippen molar-refractivity contribution in [3.05, 3.63) is 29.8 Å². The smallest absolute Gasteiger partial charge is 0.119 e. The largest absolute Gasteiger partial charge is 0.491 e. The summed E-state index contributed by atoms with van der Waals surface area (Å²) in [6, 6.07) is 9.09. The van der Waals surface area contributed by atoms with Crippen LogP contribution in [-0.2, 0) is 0 Å². The molecule has 1 aromatic carbocycles. The van der Waals surface area contributed by atoms with Crippen LogP contribution in [-0.4, -0.2) is 12.6 Å². The molecule has 18 heavy (non-hydrogen) atoms. The van der Waals surface area contributed by atoms with Crippen LogP contribution in [0, 0.1) is 5.92 Å². The molecule has 1 saturated carbocycles. The highest BCUT2D eigenvalue weighted by Crippen LogP contribution is 2.37. The third-order valence-electron chi connectivity index (χ3n) is 3.37. The molecule has 1 N–H and O–H groups in total. The molecule has 1 aromatic rings. The monoisotopic (exact) mass is 247 g/mol. The third-order valence-corrected chi connectivity index (χ3v) is 3.37. The Balaban J connectivity index is 2.00. The molecule has 0 spiro atoms. The Kier molecular flexibility index (Phi) is 4.65. The van der Waals surface area contributed by atoms with E-state index >= 15 is 0 Å². The van der Waals surface area contributed by atoms with E-state index in [1.54, 1.807) is 0 Å². The third kappa shape index (κ3) is 4.02. The van der Waals surface area contributed by atoms with E-state index < -0.39 is 0 Å². The average molecular weight is 247 g/mol. The first-order valence-electron chi connectivity index (χ1n) is 7.19. The zero-order valence-corrected chi connectivity index (χ0v) is 11.8. The normalized spacial score (nSPS) is 16.9. The number of benzene rings is 1. The van der Waals surface area contributed by atoms with Gasteiger partial charge in [0.25, 0.3) is 0 Å². The van der Waals surface area contributed by atoms with Crippen LogP contribution in [0.4, 0.5) is 0 Å². The van der Waals surface area contributed by atoms with Crippen LogP contribution >= 0.6 is 0 Å². The van der Waals surface area contributed by atoms with Gasteiger partial charge in [-0.3, -0.25) is 0 Å². The Hall–Kier alpha value is -1.02. The van der Waals surface area contributed by atoms with Gasteiger partial charge in [0, 0.05) is 6.04 Å². The summed E-state index contributed by atoms with van der Waals surface area (Å²) in [5.41, 5.74) is 1.39. The number of rotatable bonds is 7. The molecule has 1 atom stereocenters. The maximum absolute atomic E-state index is 5.68. The molecule has 0 radical (unpaired) electrons. The zero-order valence-electron chi connectivity index (χ0n) is 11.8. The second-order valence-corrected chi connectivity index (χ2v) is 5.52. The molecule has 1 aliphatic rings. The summed E-state index contributed by atoms with van der Waals surface area (Å²) >= 11 is 0. The maximum Gasteiger partial charge on any atom is 0.119 e. The predicted octanol–water partition coefficient (Wildman–Crippen LogP) is 3.92. The van der Waals surface area contributed by atoms with E-state index in [-0.39, 0.29) is 6.10 Å². The van der Waals surface area contributed by atoms with Crippen molar-refractivity contribution in [2.75, 3.05) is 6.54 Å². The van der Waals surface area contributed by atoms with Crippen LogP contribution in [0.25, 0.3) is 0 Å². The van der Waals surface area contributed by atoms with Crippen LogP contribution in [0.5, 0.6) is 5.75 Å². The number of hydrogen-bond donors (Lipinski definition) is 1. The lowest BCUT2D eigenvalue weighted by Gasteiger charge is -2.19. The summed E-state index contributed by atoms with van der Waals surface area (Å²) in [4.78, 5) is 0. The first-order chi connectivity index (χ1) is 8.69. The fourth-order valence-electron chi connectivity index (χ4n) is 2.32. The van der Waals surface area contributed by atoms with E-state index in [9.17, 15) is 0 Å². The lowest BCUT2D eigenvalue weighted by atomic mass is 10.0. The Morgan fingerprint density at radius 1 is 1.22 bits per heavy atom. The number of hydrogen-bond acceptors (Lipinski definition) is 2. The van der Waals surface area contributed by atoms with E-state index in [4.69, 9.17) is 4.74 Å². The molecule has 100 valence electrons. The van der Waals surface area contributed by atoms with Gasteiger partial charge in [0.15, 0.2) is 0 Å². The van der Waals surface area contributed by atoms with Gasteiger partial charge >= 0.3 is 0 Å². The van der Waals surface area contributed by atoms with Gasteiger partial charge in [0.1, 0.15) is 5.75 Å². The number of ether oxygens (including phenoxy) is 1. The molecular weight excluding hydrogens is 222 g/mol. The van der Waals surface area contributed by atoms with Crippen LogP contribution in [0.3, 0.4) is 0 Å². The molecule has 1 aliphatic carbocycles. The van der Waals surface area contributed by atoms with Crippen LogP contribution < -0.4 is 10.1 Å². The maximum atomic E-state index is 5.68. The summed E-state index contributed by atoms with van der Waals surface area (Å²) in [6.07, 6.45) is 4.34. The van der Waals surface area contributed by atoms with Crippen molar-refractivity contribution in [3.8, 4) is 5.75 Å². The van der Waals surface area contributed by atoms with E-state index in [0.717, 1.165) is 18.2 Å². The van der Waals surface area contributed by atoms with Gasteiger partial charge in [-0.2, -0.15) is 0 Å². The first-order valence-corrected chi connectivity index (χ1v) is 7.19. The van der Waals surface area contributed by atoms with Crippen molar-refractivity contribution in [3.63, 3.8) is 0 Å². The molecule has 0 bridgehead atoms. The Labute approximate surface area is 111 Å². The van der Waals surface area contributed by atoms with Gasteiger partial charge in [-0.1, -0.05) is 31.9 Å². The van der Waals surface area contributed by atoms with Crippen molar-refractivity contribution in [2.24, 2.45) is 5.92 Å². The van der Waals surface area contributed by atoms with Gasteiger partial charge in [-0.05, 0) is 50.4 Å². The van der Waals surface area contributed by atoms with Crippen LogP contribution in [0.1, 0.15) is 51.6 Å². The Bertz CT molecular complexity index is 354. The van der Waals surface area contributed by atoms with Gasteiger partial charge in [-0.15, -0.1) is 0 Å². The van der Waals surface area contributed by atoms with Crippen LogP contribution in [0.2, 0.25) is 0 Å². The molecule has 1 fully saturated rings. The fraction of sp³-hybridized carbons (Fsp3) is 0.625. The van der Waals surface area contributed by atoms with E-state index in [2.05, 4.69) is 50.4 Å². The highest BCUT2D eigenvalue weighted by atomic mass is 16.5. The second kappa shape index (κ2) is 6.24.